The number of hydrogen-bond acceptors (Lipinski definition) is 6. The molecule has 0 aromatic carbocycles. The number of likely N-dealkylation sites (tertiary alicyclic amines) is 1. The Bertz CT molecular complexity index is 675. The average molecular weight is 334 g/mol. The van der Waals surface area contributed by atoms with E-state index in [-0.39, 0.29) is 5.91 Å². The molecule has 0 aliphatic carbocycles. The number of hydrogen-bond donors (Lipinski definition) is 1. The first-order chi connectivity index (χ1) is 11.0. The third-order valence-corrected chi connectivity index (χ3v) is 4.97. The summed E-state index contributed by atoms with van der Waals surface area (Å²) in [6.45, 7) is 8.89. The minimum atomic E-state index is -0.214. The Kier molecular flexibility index (Phi) is 4.77. The van der Waals surface area contributed by atoms with Gasteiger partial charge in [-0.3, -0.25) is 15.0 Å². The van der Waals surface area contributed by atoms with Crippen LogP contribution in [0.4, 0.5) is 5.13 Å². The number of amides is 1. The molecule has 1 N–H and O–H groups in total. The van der Waals surface area contributed by atoms with E-state index < -0.39 is 0 Å². The lowest BCUT2D eigenvalue weighted by Gasteiger charge is -2.30. The zero-order chi connectivity index (χ0) is 16.4. The molecular weight excluding hydrogens is 312 g/mol. The van der Waals surface area contributed by atoms with E-state index in [1.54, 1.807) is 13.8 Å². The highest BCUT2D eigenvalue weighted by molar-refractivity contribution is 7.13. The minimum Gasteiger partial charge on any atom is -0.361 e. The first kappa shape index (κ1) is 16.1. The van der Waals surface area contributed by atoms with Crippen molar-refractivity contribution < 1.29 is 9.32 Å². The van der Waals surface area contributed by atoms with Gasteiger partial charge in [-0.25, -0.2) is 4.98 Å². The van der Waals surface area contributed by atoms with Gasteiger partial charge in [-0.2, -0.15) is 0 Å². The van der Waals surface area contributed by atoms with E-state index in [2.05, 4.69) is 27.3 Å². The van der Waals surface area contributed by atoms with Crippen LogP contribution in [-0.2, 0) is 6.54 Å². The highest BCUT2D eigenvalue weighted by atomic mass is 32.1. The van der Waals surface area contributed by atoms with Crippen LogP contribution < -0.4 is 5.32 Å². The van der Waals surface area contributed by atoms with Crippen molar-refractivity contribution in [2.24, 2.45) is 5.92 Å². The zero-order valence-electron chi connectivity index (χ0n) is 13.8. The van der Waals surface area contributed by atoms with Gasteiger partial charge in [0.1, 0.15) is 11.3 Å². The molecule has 2 aromatic heterocycles. The Labute approximate surface area is 139 Å². The molecule has 1 atom stereocenters. The molecule has 6 nitrogen and oxygen atoms in total. The Balaban J connectivity index is 1.62. The summed E-state index contributed by atoms with van der Waals surface area (Å²) in [6, 6.07) is 0. The van der Waals surface area contributed by atoms with Gasteiger partial charge in [0.05, 0.1) is 11.4 Å². The molecule has 1 unspecified atom stereocenters. The van der Waals surface area contributed by atoms with Gasteiger partial charge in [-0.1, -0.05) is 12.1 Å². The summed E-state index contributed by atoms with van der Waals surface area (Å²) in [5.41, 5.74) is 2.10. The summed E-state index contributed by atoms with van der Waals surface area (Å²) in [7, 11) is 0. The Morgan fingerprint density at radius 2 is 2.35 bits per heavy atom. The van der Waals surface area contributed by atoms with E-state index in [0.29, 0.717) is 22.1 Å². The molecule has 2 aromatic rings. The normalized spacial score (nSPS) is 19.0. The summed E-state index contributed by atoms with van der Waals surface area (Å²) >= 11 is 1.46. The zero-order valence-corrected chi connectivity index (χ0v) is 14.6. The quantitative estimate of drug-likeness (QED) is 0.929. The number of anilines is 1. The maximum atomic E-state index is 12.3. The molecule has 0 saturated carbocycles. The third-order valence-electron chi connectivity index (χ3n) is 4.16. The lowest BCUT2D eigenvalue weighted by Crippen LogP contribution is -2.33. The van der Waals surface area contributed by atoms with Crippen molar-refractivity contribution in [2.75, 3.05) is 18.4 Å². The van der Waals surface area contributed by atoms with Crippen molar-refractivity contribution in [3.05, 3.63) is 28.1 Å². The van der Waals surface area contributed by atoms with Crippen molar-refractivity contribution in [1.82, 2.24) is 15.0 Å². The molecular formula is C16H22N4O2S. The highest BCUT2D eigenvalue weighted by Gasteiger charge is 2.20. The van der Waals surface area contributed by atoms with Crippen LogP contribution in [0.25, 0.3) is 0 Å². The van der Waals surface area contributed by atoms with E-state index in [1.807, 2.05) is 5.38 Å². The van der Waals surface area contributed by atoms with Gasteiger partial charge in [0, 0.05) is 18.5 Å². The topological polar surface area (TPSA) is 71.3 Å². The number of carbonyl (C=O) groups excluding carboxylic acids is 1. The standard InChI is InChI=1S/C16H22N4O2S/c1-10-5-4-6-20(7-10)8-13-9-23-16(17-13)18-15(21)14-11(2)19-22-12(14)3/h9-10H,4-8H2,1-3H3,(H,17,18,21). The molecule has 1 fully saturated rings. The largest absolute Gasteiger partial charge is 0.361 e. The fourth-order valence-electron chi connectivity index (χ4n) is 3.06. The van der Waals surface area contributed by atoms with Gasteiger partial charge in [0.15, 0.2) is 5.13 Å². The lowest BCUT2D eigenvalue weighted by atomic mass is 10.0. The molecule has 3 rings (SSSR count). The van der Waals surface area contributed by atoms with Crippen LogP contribution in [0.5, 0.6) is 0 Å². The number of aryl methyl sites for hydroxylation is 2. The van der Waals surface area contributed by atoms with Gasteiger partial charge in [-0.15, -0.1) is 11.3 Å². The molecule has 0 spiro atoms. The Morgan fingerprint density at radius 1 is 1.52 bits per heavy atom. The van der Waals surface area contributed by atoms with Crippen molar-refractivity contribution >= 4 is 22.4 Å². The van der Waals surface area contributed by atoms with E-state index >= 15 is 0 Å². The molecule has 1 aliphatic rings. The maximum Gasteiger partial charge on any atom is 0.262 e. The summed E-state index contributed by atoms with van der Waals surface area (Å²) in [6.07, 6.45) is 2.56. The molecule has 0 bridgehead atoms. The summed E-state index contributed by atoms with van der Waals surface area (Å²) in [4.78, 5) is 19.3. The Morgan fingerprint density at radius 3 is 3.04 bits per heavy atom. The first-order valence-electron chi connectivity index (χ1n) is 7.94. The van der Waals surface area contributed by atoms with Gasteiger partial charge >= 0.3 is 0 Å². The van der Waals surface area contributed by atoms with Gasteiger partial charge in [-0.05, 0) is 39.2 Å². The number of carbonyl (C=O) groups is 1. The monoisotopic (exact) mass is 334 g/mol. The number of nitrogens with zero attached hydrogens (tertiary/aromatic N) is 3. The Hall–Kier alpha value is -1.73. The molecule has 124 valence electrons. The molecule has 3 heterocycles. The average Bonchev–Trinajstić information content (AvgIpc) is 3.06. The van der Waals surface area contributed by atoms with E-state index in [9.17, 15) is 4.79 Å². The van der Waals surface area contributed by atoms with E-state index in [1.165, 1.54) is 24.2 Å². The van der Waals surface area contributed by atoms with Crippen molar-refractivity contribution in [3.8, 4) is 0 Å². The lowest BCUT2D eigenvalue weighted by molar-refractivity contribution is 0.102. The molecule has 1 aliphatic heterocycles. The van der Waals surface area contributed by atoms with Crippen LogP contribution in [0.15, 0.2) is 9.90 Å². The fourth-order valence-corrected chi connectivity index (χ4v) is 3.76. The number of nitrogens with one attached hydrogen (secondary N) is 1. The van der Waals surface area contributed by atoms with E-state index in [0.717, 1.165) is 31.2 Å². The van der Waals surface area contributed by atoms with E-state index in [4.69, 9.17) is 4.52 Å². The molecule has 0 radical (unpaired) electrons. The van der Waals surface area contributed by atoms with Gasteiger partial charge in [0.25, 0.3) is 5.91 Å². The second-order valence-corrected chi connectivity index (χ2v) is 7.14. The van der Waals surface area contributed by atoms with Gasteiger partial charge < -0.3 is 4.52 Å². The van der Waals surface area contributed by atoms with Crippen LogP contribution in [0.1, 0.15) is 47.3 Å². The maximum absolute atomic E-state index is 12.3. The second kappa shape index (κ2) is 6.80. The van der Waals surface area contributed by atoms with Crippen LogP contribution in [0.3, 0.4) is 0 Å². The predicted molar refractivity (Wildman–Crippen MR) is 89.7 cm³/mol. The summed E-state index contributed by atoms with van der Waals surface area (Å²) in [5.74, 6) is 1.06. The van der Waals surface area contributed by atoms with Crippen LogP contribution >= 0.6 is 11.3 Å². The molecule has 1 saturated heterocycles. The number of piperidine rings is 1. The molecule has 1 amide bonds. The van der Waals surface area contributed by atoms with Crippen molar-refractivity contribution in [1.29, 1.82) is 0 Å². The van der Waals surface area contributed by atoms with Crippen molar-refractivity contribution in [3.63, 3.8) is 0 Å². The molecule has 23 heavy (non-hydrogen) atoms. The van der Waals surface area contributed by atoms with Crippen LogP contribution in [-0.4, -0.2) is 34.0 Å². The minimum absolute atomic E-state index is 0.214. The van der Waals surface area contributed by atoms with Crippen molar-refractivity contribution in [2.45, 2.75) is 40.2 Å². The molecule has 7 heteroatoms. The smallest absolute Gasteiger partial charge is 0.262 e. The van der Waals surface area contributed by atoms with Gasteiger partial charge in [0.2, 0.25) is 0 Å². The van der Waals surface area contributed by atoms with Crippen LogP contribution in [0.2, 0.25) is 0 Å². The first-order valence-corrected chi connectivity index (χ1v) is 8.82. The fraction of sp³-hybridized carbons (Fsp3) is 0.562. The van der Waals surface area contributed by atoms with Crippen LogP contribution in [0, 0.1) is 19.8 Å². The third kappa shape index (κ3) is 3.79. The SMILES string of the molecule is Cc1noc(C)c1C(=O)Nc1nc(CN2CCCC(C)C2)cs1. The number of aromatic nitrogens is 2. The highest BCUT2D eigenvalue weighted by Crippen LogP contribution is 2.22. The summed E-state index contributed by atoms with van der Waals surface area (Å²) in [5, 5.41) is 9.29. The number of rotatable bonds is 4. The summed E-state index contributed by atoms with van der Waals surface area (Å²) < 4.78 is 5.04. The predicted octanol–water partition coefficient (Wildman–Crippen LogP) is 3.23. The second-order valence-electron chi connectivity index (χ2n) is 6.28. The number of thiazole rings is 1.